The summed E-state index contributed by atoms with van der Waals surface area (Å²) in [6.45, 7) is 4.79. The van der Waals surface area contributed by atoms with Gasteiger partial charge in [0.05, 0.1) is 6.61 Å². The summed E-state index contributed by atoms with van der Waals surface area (Å²) in [5, 5.41) is 1.29. The highest BCUT2D eigenvalue weighted by Crippen LogP contribution is 2.22. The van der Waals surface area contributed by atoms with Gasteiger partial charge in [-0.05, 0) is 43.5 Å². The Morgan fingerprint density at radius 1 is 1.33 bits per heavy atom. The van der Waals surface area contributed by atoms with E-state index in [4.69, 9.17) is 5.90 Å². The Labute approximate surface area is 89.2 Å². The zero-order chi connectivity index (χ0) is 10.8. The molecular weight excluding hydrogens is 188 g/mol. The molecule has 0 atom stereocenters. The van der Waals surface area contributed by atoms with Gasteiger partial charge < -0.3 is 9.82 Å². The molecule has 0 saturated carbocycles. The summed E-state index contributed by atoms with van der Waals surface area (Å²) in [5.74, 6) is 5.02. The van der Waals surface area contributed by atoms with Crippen LogP contribution in [-0.2, 0) is 11.3 Å². The van der Waals surface area contributed by atoms with Gasteiger partial charge in [0.2, 0.25) is 0 Å². The Bertz CT molecular complexity index is 474. The number of rotatable bonds is 3. The van der Waals surface area contributed by atoms with Crippen molar-refractivity contribution in [2.45, 2.75) is 20.3 Å². The number of aryl methyl sites for hydroxylation is 2. The predicted octanol–water partition coefficient (Wildman–Crippen LogP) is 2.22. The maximum Gasteiger partial charge on any atom is 0.0719 e. The number of benzene rings is 1. The molecule has 0 bridgehead atoms. The van der Waals surface area contributed by atoms with E-state index in [2.05, 4.69) is 41.9 Å². The van der Waals surface area contributed by atoms with Crippen LogP contribution in [0.5, 0.6) is 0 Å². The molecule has 3 heteroatoms. The summed E-state index contributed by atoms with van der Waals surface area (Å²) in [5.41, 5.74) is 5.01. The molecule has 15 heavy (non-hydrogen) atoms. The second-order valence-electron chi connectivity index (χ2n) is 3.88. The average Bonchev–Trinajstić information content (AvgIpc) is 2.52. The minimum Gasteiger partial charge on any atom is -0.358 e. The van der Waals surface area contributed by atoms with Crippen molar-refractivity contribution < 1.29 is 4.84 Å². The van der Waals surface area contributed by atoms with Gasteiger partial charge in [0.15, 0.2) is 0 Å². The molecule has 0 aliphatic carbocycles. The minimum absolute atomic E-state index is 0.563. The zero-order valence-corrected chi connectivity index (χ0v) is 9.13. The summed E-state index contributed by atoms with van der Waals surface area (Å²) in [4.78, 5) is 7.94. The fourth-order valence-electron chi connectivity index (χ4n) is 1.84. The molecule has 0 radical (unpaired) electrons. The van der Waals surface area contributed by atoms with Crippen molar-refractivity contribution in [3.8, 4) is 0 Å². The third-order valence-corrected chi connectivity index (χ3v) is 2.88. The summed E-state index contributed by atoms with van der Waals surface area (Å²) >= 11 is 0. The second-order valence-corrected chi connectivity index (χ2v) is 3.88. The van der Waals surface area contributed by atoms with Crippen LogP contribution >= 0.6 is 0 Å². The van der Waals surface area contributed by atoms with Crippen LogP contribution in [0, 0.1) is 13.8 Å². The van der Waals surface area contributed by atoms with Gasteiger partial charge in [-0.2, -0.15) is 0 Å². The fourth-order valence-corrected chi connectivity index (χ4v) is 1.84. The van der Waals surface area contributed by atoms with E-state index >= 15 is 0 Å². The van der Waals surface area contributed by atoms with Gasteiger partial charge in [-0.1, -0.05) is 6.07 Å². The molecule has 1 aromatic carbocycles. The normalized spacial score (nSPS) is 11.1. The Kier molecular flexibility index (Phi) is 2.75. The van der Waals surface area contributed by atoms with Crippen molar-refractivity contribution in [2.24, 2.45) is 5.90 Å². The molecule has 0 aliphatic heterocycles. The lowest BCUT2D eigenvalue weighted by Crippen LogP contribution is -2.03. The van der Waals surface area contributed by atoms with E-state index in [1.54, 1.807) is 0 Å². The Balaban J connectivity index is 2.41. The lowest BCUT2D eigenvalue weighted by Gasteiger charge is -2.00. The minimum atomic E-state index is 0.563. The topological polar surface area (TPSA) is 51.0 Å². The third-order valence-electron chi connectivity index (χ3n) is 2.88. The number of aromatic amines is 1. The Hall–Kier alpha value is -1.32. The molecule has 1 aromatic heterocycles. The lowest BCUT2D eigenvalue weighted by atomic mass is 10.1. The molecule has 0 fully saturated rings. The van der Waals surface area contributed by atoms with Crippen molar-refractivity contribution in [3.63, 3.8) is 0 Å². The SMILES string of the molecule is Cc1[nH]c2ccc(CCON)cc2c1C. The van der Waals surface area contributed by atoms with E-state index in [0.717, 1.165) is 6.42 Å². The van der Waals surface area contributed by atoms with Crippen molar-refractivity contribution in [1.29, 1.82) is 0 Å². The van der Waals surface area contributed by atoms with Gasteiger partial charge in [-0.3, -0.25) is 0 Å². The highest BCUT2D eigenvalue weighted by molar-refractivity contribution is 5.84. The van der Waals surface area contributed by atoms with Crippen LogP contribution < -0.4 is 5.90 Å². The number of hydrogen-bond acceptors (Lipinski definition) is 2. The molecule has 0 aliphatic rings. The van der Waals surface area contributed by atoms with Crippen LogP contribution in [0.15, 0.2) is 18.2 Å². The predicted molar refractivity (Wildman–Crippen MR) is 61.6 cm³/mol. The summed E-state index contributed by atoms with van der Waals surface area (Å²) in [7, 11) is 0. The summed E-state index contributed by atoms with van der Waals surface area (Å²) in [6.07, 6.45) is 0.857. The third kappa shape index (κ3) is 1.89. The van der Waals surface area contributed by atoms with E-state index in [-0.39, 0.29) is 0 Å². The van der Waals surface area contributed by atoms with Gasteiger partial charge in [-0.15, -0.1) is 0 Å². The quantitative estimate of drug-likeness (QED) is 0.753. The standard InChI is InChI=1S/C12H16N2O/c1-8-9(2)14-12-4-3-10(5-6-15-13)7-11(8)12/h3-4,7,14H,5-6,13H2,1-2H3. The molecular formula is C12H16N2O. The molecule has 3 nitrogen and oxygen atoms in total. The largest absolute Gasteiger partial charge is 0.358 e. The number of nitrogens with one attached hydrogen (secondary N) is 1. The molecule has 1 heterocycles. The smallest absolute Gasteiger partial charge is 0.0719 e. The molecule has 0 unspecified atom stereocenters. The van der Waals surface area contributed by atoms with Crippen LogP contribution in [0.2, 0.25) is 0 Å². The maximum atomic E-state index is 5.02. The Morgan fingerprint density at radius 3 is 2.87 bits per heavy atom. The fraction of sp³-hybridized carbons (Fsp3) is 0.333. The monoisotopic (exact) mass is 204 g/mol. The van der Waals surface area contributed by atoms with Crippen LogP contribution in [0.25, 0.3) is 10.9 Å². The first-order valence-corrected chi connectivity index (χ1v) is 5.12. The Morgan fingerprint density at radius 2 is 2.13 bits per heavy atom. The highest BCUT2D eigenvalue weighted by Gasteiger charge is 2.04. The first-order chi connectivity index (χ1) is 7.22. The number of nitrogens with two attached hydrogens (primary N) is 1. The van der Waals surface area contributed by atoms with Crippen molar-refractivity contribution >= 4 is 10.9 Å². The van der Waals surface area contributed by atoms with Crippen LogP contribution in [0.3, 0.4) is 0 Å². The molecule has 0 spiro atoms. The summed E-state index contributed by atoms with van der Waals surface area (Å²) in [6, 6.07) is 6.42. The van der Waals surface area contributed by atoms with Gasteiger partial charge in [0, 0.05) is 16.6 Å². The molecule has 2 rings (SSSR count). The number of H-pyrrole nitrogens is 1. The average molecular weight is 204 g/mol. The first kappa shape index (κ1) is 10.2. The zero-order valence-electron chi connectivity index (χ0n) is 9.13. The van der Waals surface area contributed by atoms with E-state index < -0.39 is 0 Å². The van der Waals surface area contributed by atoms with Gasteiger partial charge >= 0.3 is 0 Å². The molecule has 3 N–H and O–H groups in total. The molecule has 0 amide bonds. The highest BCUT2D eigenvalue weighted by atomic mass is 16.6. The second kappa shape index (κ2) is 4.04. The van der Waals surface area contributed by atoms with Gasteiger partial charge in [0.25, 0.3) is 0 Å². The van der Waals surface area contributed by atoms with E-state index in [9.17, 15) is 0 Å². The van der Waals surface area contributed by atoms with Crippen molar-refractivity contribution in [1.82, 2.24) is 4.98 Å². The number of aromatic nitrogens is 1. The maximum absolute atomic E-state index is 5.02. The van der Waals surface area contributed by atoms with Crippen LogP contribution in [0.4, 0.5) is 0 Å². The van der Waals surface area contributed by atoms with Crippen molar-refractivity contribution in [3.05, 3.63) is 35.0 Å². The van der Waals surface area contributed by atoms with Crippen molar-refractivity contribution in [2.75, 3.05) is 6.61 Å². The molecule has 2 aromatic rings. The van der Waals surface area contributed by atoms with Gasteiger partial charge in [0.1, 0.15) is 0 Å². The first-order valence-electron chi connectivity index (χ1n) is 5.12. The van der Waals surface area contributed by atoms with E-state index in [1.165, 1.54) is 27.7 Å². The number of hydrogen-bond donors (Lipinski definition) is 2. The lowest BCUT2D eigenvalue weighted by molar-refractivity contribution is 0.141. The molecule has 80 valence electrons. The van der Waals surface area contributed by atoms with E-state index in [0.29, 0.717) is 6.61 Å². The van der Waals surface area contributed by atoms with Crippen LogP contribution in [0.1, 0.15) is 16.8 Å². The van der Waals surface area contributed by atoms with E-state index in [1.807, 2.05) is 0 Å². The van der Waals surface area contributed by atoms with Crippen LogP contribution in [-0.4, -0.2) is 11.6 Å². The number of fused-ring (bicyclic) bond motifs is 1. The summed E-state index contributed by atoms with van der Waals surface area (Å²) < 4.78 is 0. The molecule has 0 saturated heterocycles. The van der Waals surface area contributed by atoms with Gasteiger partial charge in [-0.25, -0.2) is 5.90 Å².